The summed E-state index contributed by atoms with van der Waals surface area (Å²) in [6, 6.07) is 9.38. The summed E-state index contributed by atoms with van der Waals surface area (Å²) >= 11 is 1.66. The Morgan fingerprint density at radius 3 is 2.60 bits per heavy atom. The molecule has 2 heterocycles. The third-order valence-electron chi connectivity index (χ3n) is 3.93. The van der Waals surface area contributed by atoms with Crippen molar-refractivity contribution in [3.8, 4) is 11.5 Å². The highest BCUT2D eigenvalue weighted by Gasteiger charge is 2.16. The average molecular weight is 356 g/mol. The molecule has 0 saturated heterocycles. The summed E-state index contributed by atoms with van der Waals surface area (Å²) in [6.07, 6.45) is 0. The Labute approximate surface area is 150 Å². The number of carbonyl (C=O) groups is 1. The molecule has 3 aromatic rings. The maximum Gasteiger partial charge on any atom is 0.257 e. The number of aromatic nitrogens is 2. The zero-order valence-corrected chi connectivity index (χ0v) is 15.2. The predicted octanol–water partition coefficient (Wildman–Crippen LogP) is 3.14. The van der Waals surface area contributed by atoms with Gasteiger partial charge >= 0.3 is 0 Å². The summed E-state index contributed by atoms with van der Waals surface area (Å²) in [5.74, 6) is 0.935. The number of nitrogens with zero attached hydrogens (tertiary/aromatic N) is 3. The Morgan fingerprint density at radius 2 is 2.04 bits per heavy atom. The van der Waals surface area contributed by atoms with E-state index in [4.69, 9.17) is 4.52 Å². The second-order valence-electron chi connectivity index (χ2n) is 5.97. The van der Waals surface area contributed by atoms with Crippen molar-refractivity contribution in [2.45, 2.75) is 13.0 Å². The Bertz CT molecular complexity index is 825. The van der Waals surface area contributed by atoms with Crippen molar-refractivity contribution < 1.29 is 9.32 Å². The Hall–Kier alpha value is -2.51. The lowest BCUT2D eigenvalue weighted by atomic mass is 10.1. The van der Waals surface area contributed by atoms with Crippen LogP contribution in [0.25, 0.3) is 11.5 Å². The molecule has 3 rings (SSSR count). The zero-order chi connectivity index (χ0) is 17.8. The molecule has 1 aromatic carbocycles. The molecule has 0 saturated carbocycles. The van der Waals surface area contributed by atoms with Crippen LogP contribution < -0.4 is 5.32 Å². The van der Waals surface area contributed by atoms with Crippen LogP contribution in [0.15, 0.2) is 45.6 Å². The molecule has 1 amide bonds. The Kier molecular flexibility index (Phi) is 5.25. The van der Waals surface area contributed by atoms with Crippen molar-refractivity contribution in [1.29, 1.82) is 0 Å². The monoisotopic (exact) mass is 356 g/mol. The number of likely N-dealkylation sites (N-methyl/N-ethyl adjacent to an activating group) is 1. The van der Waals surface area contributed by atoms with Gasteiger partial charge in [-0.2, -0.15) is 16.3 Å². The molecule has 6 nitrogen and oxygen atoms in total. The van der Waals surface area contributed by atoms with Crippen LogP contribution in [0.3, 0.4) is 0 Å². The topological polar surface area (TPSA) is 71.3 Å². The predicted molar refractivity (Wildman–Crippen MR) is 97.6 cm³/mol. The summed E-state index contributed by atoms with van der Waals surface area (Å²) in [5.41, 5.74) is 2.60. The van der Waals surface area contributed by atoms with E-state index in [-0.39, 0.29) is 11.9 Å². The summed E-state index contributed by atoms with van der Waals surface area (Å²) in [4.78, 5) is 18.7. The van der Waals surface area contributed by atoms with Gasteiger partial charge in [0.2, 0.25) is 0 Å². The van der Waals surface area contributed by atoms with Crippen LogP contribution in [-0.2, 0) is 0 Å². The van der Waals surface area contributed by atoms with E-state index < -0.39 is 0 Å². The summed E-state index contributed by atoms with van der Waals surface area (Å²) in [5, 5.41) is 10.9. The van der Waals surface area contributed by atoms with E-state index in [1.54, 1.807) is 30.4 Å². The zero-order valence-electron chi connectivity index (χ0n) is 14.4. The first kappa shape index (κ1) is 17.3. The summed E-state index contributed by atoms with van der Waals surface area (Å²) < 4.78 is 5.13. The third-order valence-corrected chi connectivity index (χ3v) is 4.63. The fraction of sp³-hybridized carbons (Fsp3) is 0.278. The minimum Gasteiger partial charge on any atom is -0.350 e. The van der Waals surface area contributed by atoms with Gasteiger partial charge in [0.1, 0.15) is 0 Å². The number of thiophene rings is 1. The van der Waals surface area contributed by atoms with Crippen LogP contribution in [0, 0.1) is 6.92 Å². The van der Waals surface area contributed by atoms with Crippen LogP contribution in [0.1, 0.15) is 27.8 Å². The van der Waals surface area contributed by atoms with Crippen LogP contribution in [0.2, 0.25) is 0 Å². The van der Waals surface area contributed by atoms with E-state index in [0.717, 1.165) is 5.56 Å². The minimum absolute atomic E-state index is 0.102. The molecule has 25 heavy (non-hydrogen) atoms. The molecule has 0 spiro atoms. The number of rotatable bonds is 6. The number of aryl methyl sites for hydroxylation is 1. The van der Waals surface area contributed by atoms with Gasteiger partial charge < -0.3 is 14.7 Å². The van der Waals surface area contributed by atoms with Crippen molar-refractivity contribution >= 4 is 17.2 Å². The molecular formula is C18H20N4O2S. The third kappa shape index (κ3) is 4.12. The number of hydrogen-bond donors (Lipinski definition) is 1. The molecular weight excluding hydrogens is 336 g/mol. The average Bonchev–Trinajstić information content (AvgIpc) is 3.27. The Morgan fingerprint density at radius 1 is 1.28 bits per heavy atom. The van der Waals surface area contributed by atoms with Gasteiger partial charge in [0.15, 0.2) is 5.82 Å². The first-order chi connectivity index (χ1) is 12.0. The molecule has 1 N–H and O–H groups in total. The highest BCUT2D eigenvalue weighted by atomic mass is 32.1. The summed E-state index contributed by atoms with van der Waals surface area (Å²) in [6.45, 7) is 2.32. The number of hydrogen-bond acceptors (Lipinski definition) is 6. The van der Waals surface area contributed by atoms with E-state index in [1.807, 2.05) is 31.6 Å². The van der Waals surface area contributed by atoms with Crippen molar-refractivity contribution in [3.63, 3.8) is 0 Å². The minimum atomic E-state index is -0.102. The van der Waals surface area contributed by atoms with Crippen molar-refractivity contribution in [2.24, 2.45) is 0 Å². The maximum atomic E-state index is 12.4. The van der Waals surface area contributed by atoms with Gasteiger partial charge in [0.25, 0.3) is 11.8 Å². The van der Waals surface area contributed by atoms with E-state index >= 15 is 0 Å². The molecule has 0 aliphatic rings. The van der Waals surface area contributed by atoms with Gasteiger partial charge in [0.05, 0.1) is 6.04 Å². The summed E-state index contributed by atoms with van der Waals surface area (Å²) in [7, 11) is 4.02. The molecule has 1 atom stereocenters. The van der Waals surface area contributed by atoms with Gasteiger partial charge in [-0.25, -0.2) is 0 Å². The van der Waals surface area contributed by atoms with E-state index in [1.165, 1.54) is 5.56 Å². The SMILES string of the molecule is Cc1noc(-c2ccc(C(=O)NC[C@H](c3ccsc3)N(C)C)cc2)n1. The fourth-order valence-electron chi connectivity index (χ4n) is 2.53. The molecule has 130 valence electrons. The van der Waals surface area contributed by atoms with Crippen LogP contribution >= 0.6 is 11.3 Å². The molecule has 0 fully saturated rings. The molecule has 7 heteroatoms. The fourth-order valence-corrected chi connectivity index (χ4v) is 3.24. The molecule has 0 radical (unpaired) electrons. The quantitative estimate of drug-likeness (QED) is 0.735. The normalized spacial score (nSPS) is 12.3. The molecule has 0 aliphatic carbocycles. The van der Waals surface area contributed by atoms with E-state index in [9.17, 15) is 4.79 Å². The molecule has 0 bridgehead atoms. The lowest BCUT2D eigenvalue weighted by molar-refractivity contribution is 0.0942. The molecule has 0 aliphatic heterocycles. The van der Waals surface area contributed by atoms with Gasteiger partial charge in [-0.05, 0) is 67.7 Å². The van der Waals surface area contributed by atoms with Crippen molar-refractivity contribution in [3.05, 3.63) is 58.0 Å². The smallest absolute Gasteiger partial charge is 0.257 e. The van der Waals surface area contributed by atoms with Crippen molar-refractivity contribution in [1.82, 2.24) is 20.4 Å². The lowest BCUT2D eigenvalue weighted by Gasteiger charge is -2.24. The number of benzene rings is 1. The number of amides is 1. The van der Waals surface area contributed by atoms with Crippen LogP contribution in [0.5, 0.6) is 0 Å². The van der Waals surface area contributed by atoms with Gasteiger partial charge in [-0.15, -0.1) is 0 Å². The van der Waals surface area contributed by atoms with Crippen molar-refractivity contribution in [2.75, 3.05) is 20.6 Å². The molecule has 2 aromatic heterocycles. The maximum absolute atomic E-state index is 12.4. The largest absolute Gasteiger partial charge is 0.350 e. The first-order valence-electron chi connectivity index (χ1n) is 7.92. The first-order valence-corrected chi connectivity index (χ1v) is 8.86. The van der Waals surface area contributed by atoms with E-state index in [0.29, 0.717) is 23.8 Å². The highest BCUT2D eigenvalue weighted by Crippen LogP contribution is 2.21. The van der Waals surface area contributed by atoms with Gasteiger partial charge in [-0.1, -0.05) is 5.16 Å². The van der Waals surface area contributed by atoms with Crippen LogP contribution in [0.4, 0.5) is 0 Å². The van der Waals surface area contributed by atoms with E-state index in [2.05, 4.69) is 31.8 Å². The lowest BCUT2D eigenvalue weighted by Crippen LogP contribution is -2.34. The highest BCUT2D eigenvalue weighted by molar-refractivity contribution is 7.07. The Balaban J connectivity index is 1.65. The number of carbonyl (C=O) groups excluding carboxylic acids is 1. The van der Waals surface area contributed by atoms with Crippen LogP contribution in [-0.4, -0.2) is 41.6 Å². The second-order valence-corrected chi connectivity index (χ2v) is 6.75. The van der Waals surface area contributed by atoms with Gasteiger partial charge in [0, 0.05) is 17.7 Å². The number of nitrogens with one attached hydrogen (secondary N) is 1. The molecule has 0 unspecified atom stereocenters. The standard InChI is InChI=1S/C18H20N4O2S/c1-12-20-18(24-21-12)14-6-4-13(5-7-14)17(23)19-10-16(22(2)3)15-8-9-25-11-15/h4-9,11,16H,10H2,1-3H3,(H,19,23)/t16-/m1/s1. The second kappa shape index (κ2) is 7.58. The van der Waals surface area contributed by atoms with Gasteiger partial charge in [-0.3, -0.25) is 4.79 Å².